The van der Waals surface area contributed by atoms with Crippen LogP contribution in [0.5, 0.6) is 0 Å². The van der Waals surface area contributed by atoms with Crippen molar-refractivity contribution in [3.05, 3.63) is 33.7 Å². The second-order valence-corrected chi connectivity index (χ2v) is 8.45. The number of rotatable bonds is 7. The molecule has 0 unspecified atom stereocenters. The fraction of sp³-hybridized carbons (Fsp3) is 0.556. The maximum Gasteiger partial charge on any atom is 0.316 e. The Balaban J connectivity index is 1.40. The van der Waals surface area contributed by atoms with Crippen LogP contribution in [0.4, 0.5) is 0 Å². The van der Waals surface area contributed by atoms with Crippen molar-refractivity contribution in [1.29, 1.82) is 0 Å². The van der Waals surface area contributed by atoms with E-state index in [0.717, 1.165) is 12.8 Å². The first-order valence-electron chi connectivity index (χ1n) is 8.99. The van der Waals surface area contributed by atoms with Crippen molar-refractivity contribution in [3.8, 4) is 0 Å². The summed E-state index contributed by atoms with van der Waals surface area (Å²) in [5, 5.41) is 1.78. The van der Waals surface area contributed by atoms with E-state index in [-0.39, 0.29) is 29.6 Å². The zero-order chi connectivity index (χ0) is 19.2. The van der Waals surface area contributed by atoms with Crippen LogP contribution in [0, 0.1) is 0 Å². The van der Waals surface area contributed by atoms with Crippen molar-refractivity contribution in [3.63, 3.8) is 0 Å². The SMILES string of the molecule is CN(C(=O)CSCC(=O)OCc1cc(=O)n2ccsc2n1)C1CCCCC1. The molecule has 146 valence electrons. The van der Waals surface area contributed by atoms with Crippen LogP contribution in [0.2, 0.25) is 0 Å². The third-order valence-electron chi connectivity index (χ3n) is 4.70. The second kappa shape index (κ2) is 9.36. The predicted octanol–water partition coefficient (Wildman–Crippen LogP) is 2.32. The average Bonchev–Trinajstić information content (AvgIpc) is 3.15. The summed E-state index contributed by atoms with van der Waals surface area (Å²) in [6.45, 7) is -0.0427. The second-order valence-electron chi connectivity index (χ2n) is 6.59. The molecule has 0 N–H and O–H groups in total. The molecular formula is C18H23N3O4S2. The van der Waals surface area contributed by atoms with E-state index in [1.54, 1.807) is 11.6 Å². The molecule has 0 radical (unpaired) electrons. The van der Waals surface area contributed by atoms with Crippen molar-refractivity contribution in [1.82, 2.24) is 14.3 Å². The number of thiazole rings is 1. The van der Waals surface area contributed by atoms with Crippen LogP contribution < -0.4 is 5.56 Å². The Hall–Kier alpha value is -1.87. The molecule has 0 aliphatic heterocycles. The van der Waals surface area contributed by atoms with E-state index in [0.29, 0.717) is 16.7 Å². The lowest BCUT2D eigenvalue weighted by atomic mass is 9.94. The molecule has 0 spiro atoms. The summed E-state index contributed by atoms with van der Waals surface area (Å²) >= 11 is 2.60. The molecule has 2 heterocycles. The largest absolute Gasteiger partial charge is 0.459 e. The van der Waals surface area contributed by atoms with Gasteiger partial charge in [-0.3, -0.25) is 18.8 Å². The van der Waals surface area contributed by atoms with Crippen molar-refractivity contribution in [2.75, 3.05) is 18.6 Å². The lowest BCUT2D eigenvalue weighted by Gasteiger charge is -2.31. The monoisotopic (exact) mass is 409 g/mol. The summed E-state index contributed by atoms with van der Waals surface area (Å²) < 4.78 is 6.62. The van der Waals surface area contributed by atoms with Gasteiger partial charge in [-0.25, -0.2) is 4.98 Å². The van der Waals surface area contributed by atoms with Gasteiger partial charge in [-0.2, -0.15) is 0 Å². The van der Waals surface area contributed by atoms with E-state index in [1.165, 1.54) is 52.8 Å². The molecule has 1 aliphatic rings. The van der Waals surface area contributed by atoms with E-state index >= 15 is 0 Å². The maximum atomic E-state index is 12.2. The summed E-state index contributed by atoms with van der Waals surface area (Å²) in [5.41, 5.74) is 0.229. The van der Waals surface area contributed by atoms with Crippen LogP contribution in [0.15, 0.2) is 22.4 Å². The topological polar surface area (TPSA) is 81.0 Å². The van der Waals surface area contributed by atoms with Gasteiger partial charge < -0.3 is 9.64 Å². The number of fused-ring (bicyclic) bond motifs is 1. The van der Waals surface area contributed by atoms with Gasteiger partial charge in [0.25, 0.3) is 5.56 Å². The fourth-order valence-electron chi connectivity index (χ4n) is 3.15. The number of carbonyl (C=O) groups is 2. The first-order chi connectivity index (χ1) is 13.0. The molecule has 3 rings (SSSR count). The Morgan fingerprint density at radius 3 is 2.89 bits per heavy atom. The molecule has 2 aromatic rings. The van der Waals surface area contributed by atoms with Gasteiger partial charge in [0.15, 0.2) is 4.96 Å². The Bertz CT molecular complexity index is 858. The average molecular weight is 410 g/mol. The number of amides is 1. The zero-order valence-electron chi connectivity index (χ0n) is 15.3. The molecule has 1 aliphatic carbocycles. The highest BCUT2D eigenvalue weighted by atomic mass is 32.2. The molecule has 2 aromatic heterocycles. The molecular weight excluding hydrogens is 386 g/mol. The summed E-state index contributed by atoms with van der Waals surface area (Å²) in [7, 11) is 1.85. The molecule has 1 amide bonds. The van der Waals surface area contributed by atoms with E-state index in [1.807, 2.05) is 11.9 Å². The third-order valence-corrected chi connectivity index (χ3v) is 6.35. The number of thioether (sulfide) groups is 1. The molecule has 0 atom stereocenters. The quantitative estimate of drug-likeness (QED) is 0.653. The zero-order valence-corrected chi connectivity index (χ0v) is 16.9. The molecule has 0 aromatic carbocycles. The van der Waals surface area contributed by atoms with E-state index in [4.69, 9.17) is 4.74 Å². The van der Waals surface area contributed by atoms with E-state index in [9.17, 15) is 14.4 Å². The van der Waals surface area contributed by atoms with E-state index in [2.05, 4.69) is 4.98 Å². The molecule has 0 saturated heterocycles. The van der Waals surface area contributed by atoms with Crippen LogP contribution in [-0.2, 0) is 20.9 Å². The number of hydrogen-bond acceptors (Lipinski definition) is 7. The highest BCUT2D eigenvalue weighted by molar-refractivity contribution is 8.00. The van der Waals surface area contributed by atoms with Gasteiger partial charge in [0.05, 0.1) is 17.2 Å². The number of nitrogens with zero attached hydrogens (tertiary/aromatic N) is 3. The summed E-state index contributed by atoms with van der Waals surface area (Å²) in [4.78, 5) is 42.7. The summed E-state index contributed by atoms with van der Waals surface area (Å²) in [6, 6.07) is 1.69. The van der Waals surface area contributed by atoms with Gasteiger partial charge in [-0.15, -0.1) is 23.1 Å². The van der Waals surface area contributed by atoms with Gasteiger partial charge in [0, 0.05) is 30.7 Å². The number of carbonyl (C=O) groups excluding carboxylic acids is 2. The molecule has 7 nitrogen and oxygen atoms in total. The van der Waals surface area contributed by atoms with Gasteiger partial charge in [0.1, 0.15) is 6.61 Å². The lowest BCUT2D eigenvalue weighted by molar-refractivity contribution is -0.141. The highest BCUT2D eigenvalue weighted by Crippen LogP contribution is 2.22. The normalized spacial score (nSPS) is 15.0. The Kier molecular flexibility index (Phi) is 6.89. The Morgan fingerprint density at radius 1 is 1.33 bits per heavy atom. The maximum absolute atomic E-state index is 12.2. The molecule has 1 saturated carbocycles. The minimum atomic E-state index is -0.415. The molecule has 9 heteroatoms. The molecule has 0 bridgehead atoms. The van der Waals surface area contributed by atoms with Crippen LogP contribution >= 0.6 is 23.1 Å². The predicted molar refractivity (Wildman–Crippen MR) is 106 cm³/mol. The van der Waals surface area contributed by atoms with Crippen LogP contribution in [0.25, 0.3) is 4.96 Å². The number of aromatic nitrogens is 2. The van der Waals surface area contributed by atoms with Crippen molar-refractivity contribution in [2.45, 2.75) is 44.8 Å². The van der Waals surface area contributed by atoms with Crippen molar-refractivity contribution in [2.24, 2.45) is 0 Å². The fourth-order valence-corrected chi connectivity index (χ4v) is 4.62. The number of hydrogen-bond donors (Lipinski definition) is 0. The lowest BCUT2D eigenvalue weighted by Crippen LogP contribution is -2.39. The number of esters is 1. The van der Waals surface area contributed by atoms with Crippen molar-refractivity contribution < 1.29 is 14.3 Å². The number of ether oxygens (including phenoxy) is 1. The van der Waals surface area contributed by atoms with E-state index < -0.39 is 5.97 Å². The van der Waals surface area contributed by atoms with Crippen LogP contribution in [0.1, 0.15) is 37.8 Å². The van der Waals surface area contributed by atoms with Gasteiger partial charge in [0.2, 0.25) is 5.91 Å². The Labute approximate surface area is 165 Å². The van der Waals surface area contributed by atoms with Crippen LogP contribution in [0.3, 0.4) is 0 Å². The summed E-state index contributed by atoms with van der Waals surface area (Å²) in [6.07, 6.45) is 7.39. The van der Waals surface area contributed by atoms with Crippen LogP contribution in [-0.4, -0.2) is 50.8 Å². The Morgan fingerprint density at radius 2 is 2.11 bits per heavy atom. The summed E-state index contributed by atoms with van der Waals surface area (Å²) in [5.74, 6) is 0.00619. The van der Waals surface area contributed by atoms with Gasteiger partial charge >= 0.3 is 5.97 Å². The highest BCUT2D eigenvalue weighted by Gasteiger charge is 2.22. The minimum Gasteiger partial charge on any atom is -0.459 e. The van der Waals surface area contributed by atoms with Gasteiger partial charge in [-0.1, -0.05) is 19.3 Å². The van der Waals surface area contributed by atoms with Crippen molar-refractivity contribution >= 4 is 39.9 Å². The molecule has 1 fully saturated rings. The molecule has 27 heavy (non-hydrogen) atoms. The third kappa shape index (κ3) is 5.32. The standard InChI is InChI=1S/C18H23N3O4S2/c1-20(14-5-3-2-4-6-14)16(23)11-26-12-17(24)25-10-13-9-15(22)21-7-8-27-18(21)19-13/h7-9,14H,2-6,10-12H2,1H3. The minimum absolute atomic E-state index is 0.0427. The smallest absolute Gasteiger partial charge is 0.316 e. The van der Waals surface area contributed by atoms with Gasteiger partial charge in [-0.05, 0) is 12.8 Å². The first-order valence-corrected chi connectivity index (χ1v) is 11.0. The first kappa shape index (κ1) is 19.9.